The van der Waals surface area contributed by atoms with Gasteiger partial charge in [-0.2, -0.15) is 0 Å². The zero-order chi connectivity index (χ0) is 17.8. The van der Waals surface area contributed by atoms with Gasteiger partial charge in [-0.1, -0.05) is 12.1 Å². The van der Waals surface area contributed by atoms with Gasteiger partial charge in [0.05, 0.1) is 0 Å². The van der Waals surface area contributed by atoms with Crippen molar-refractivity contribution in [2.24, 2.45) is 7.05 Å². The molecule has 1 amide bonds. The second kappa shape index (κ2) is 7.48. The molecule has 3 rings (SSSR count). The highest BCUT2D eigenvalue weighted by atomic mass is 16.5. The van der Waals surface area contributed by atoms with E-state index in [1.807, 2.05) is 17.8 Å². The number of aryl methyl sites for hydroxylation is 1. The Balaban J connectivity index is 1.68. The lowest BCUT2D eigenvalue weighted by atomic mass is 10.1. The maximum atomic E-state index is 12.7. The average molecular weight is 342 g/mol. The summed E-state index contributed by atoms with van der Waals surface area (Å²) in [6, 6.07) is 6.76. The Kier molecular flexibility index (Phi) is 5.14. The molecule has 1 unspecified atom stereocenters. The summed E-state index contributed by atoms with van der Waals surface area (Å²) in [5.74, 6) is 1.24. The number of rotatable bonds is 5. The number of ether oxygens (including phenoxy) is 1. The molecule has 1 aliphatic heterocycles. The van der Waals surface area contributed by atoms with Gasteiger partial charge in [-0.15, -0.1) is 0 Å². The predicted octanol–water partition coefficient (Wildman–Crippen LogP) is 1.17. The highest BCUT2D eigenvalue weighted by Gasteiger charge is 2.30. The summed E-state index contributed by atoms with van der Waals surface area (Å²) in [6.45, 7) is 3.45. The molecule has 0 bridgehead atoms. The molecule has 7 heteroatoms. The fourth-order valence-corrected chi connectivity index (χ4v) is 2.96. The van der Waals surface area contributed by atoms with Crippen LogP contribution in [0, 0.1) is 0 Å². The molecule has 1 saturated heterocycles. The van der Waals surface area contributed by atoms with E-state index >= 15 is 0 Å². The van der Waals surface area contributed by atoms with Gasteiger partial charge in [0.15, 0.2) is 12.4 Å². The van der Waals surface area contributed by atoms with E-state index in [-0.39, 0.29) is 24.3 Å². The molecule has 1 aliphatic rings. The van der Waals surface area contributed by atoms with Crippen LogP contribution in [0.5, 0.6) is 5.75 Å². The Morgan fingerprint density at radius 3 is 2.96 bits per heavy atom. The van der Waals surface area contributed by atoms with Crippen LogP contribution in [-0.2, 0) is 11.8 Å². The van der Waals surface area contributed by atoms with Crippen molar-refractivity contribution in [2.75, 3.05) is 26.2 Å². The SMILES string of the molecule is CC(=O)c1cccc(OCC(=O)N2CCNCC2c2nccn2C)c1. The highest BCUT2D eigenvalue weighted by Crippen LogP contribution is 2.21. The third-order valence-electron chi connectivity index (χ3n) is 4.32. The molecule has 1 aromatic heterocycles. The van der Waals surface area contributed by atoms with Crippen LogP contribution in [0.3, 0.4) is 0 Å². The van der Waals surface area contributed by atoms with E-state index in [4.69, 9.17) is 4.74 Å². The Labute approximate surface area is 146 Å². The smallest absolute Gasteiger partial charge is 0.261 e. The molecule has 2 heterocycles. The molecular formula is C18H22N4O3. The zero-order valence-electron chi connectivity index (χ0n) is 14.4. The number of amides is 1. The van der Waals surface area contributed by atoms with Gasteiger partial charge in [-0.3, -0.25) is 9.59 Å². The van der Waals surface area contributed by atoms with Gasteiger partial charge in [0.25, 0.3) is 5.91 Å². The summed E-state index contributed by atoms with van der Waals surface area (Å²) in [5, 5.41) is 3.30. The van der Waals surface area contributed by atoms with Crippen LogP contribution in [0.4, 0.5) is 0 Å². The van der Waals surface area contributed by atoms with Crippen molar-refractivity contribution < 1.29 is 14.3 Å². The zero-order valence-corrected chi connectivity index (χ0v) is 14.4. The Morgan fingerprint density at radius 1 is 1.40 bits per heavy atom. The van der Waals surface area contributed by atoms with Crippen LogP contribution in [-0.4, -0.2) is 52.4 Å². The number of piperazine rings is 1. The molecule has 7 nitrogen and oxygen atoms in total. The van der Waals surface area contributed by atoms with Crippen LogP contribution in [0.1, 0.15) is 29.1 Å². The lowest BCUT2D eigenvalue weighted by Gasteiger charge is -2.35. The minimum Gasteiger partial charge on any atom is -0.484 e. The van der Waals surface area contributed by atoms with E-state index in [0.29, 0.717) is 24.4 Å². The summed E-state index contributed by atoms with van der Waals surface area (Å²) >= 11 is 0. The van der Waals surface area contributed by atoms with Crippen LogP contribution < -0.4 is 10.1 Å². The van der Waals surface area contributed by atoms with Crippen molar-refractivity contribution in [3.05, 3.63) is 48.0 Å². The third kappa shape index (κ3) is 3.88. The van der Waals surface area contributed by atoms with Crippen molar-refractivity contribution in [3.63, 3.8) is 0 Å². The topological polar surface area (TPSA) is 76.5 Å². The van der Waals surface area contributed by atoms with Gasteiger partial charge in [0.1, 0.15) is 17.6 Å². The fraction of sp³-hybridized carbons (Fsp3) is 0.389. The molecule has 0 saturated carbocycles. The first kappa shape index (κ1) is 17.2. The summed E-state index contributed by atoms with van der Waals surface area (Å²) in [7, 11) is 1.92. The number of nitrogens with zero attached hydrogens (tertiary/aromatic N) is 3. The molecular weight excluding hydrogens is 320 g/mol. The molecule has 1 aromatic carbocycles. The monoisotopic (exact) mass is 342 g/mol. The first-order valence-corrected chi connectivity index (χ1v) is 8.27. The van der Waals surface area contributed by atoms with Crippen LogP contribution in [0.25, 0.3) is 0 Å². The molecule has 1 fully saturated rings. The molecule has 0 radical (unpaired) electrons. The van der Waals surface area contributed by atoms with Gasteiger partial charge >= 0.3 is 0 Å². The van der Waals surface area contributed by atoms with Gasteiger partial charge in [0, 0.05) is 44.6 Å². The Bertz CT molecular complexity index is 771. The number of hydrogen-bond acceptors (Lipinski definition) is 5. The summed E-state index contributed by atoms with van der Waals surface area (Å²) in [6.07, 6.45) is 3.60. The van der Waals surface area contributed by atoms with E-state index in [1.165, 1.54) is 6.92 Å². The first-order valence-electron chi connectivity index (χ1n) is 8.27. The minimum absolute atomic E-state index is 0.0336. The lowest BCUT2D eigenvalue weighted by molar-refractivity contribution is -0.137. The molecule has 2 aromatic rings. The number of nitrogens with one attached hydrogen (secondary N) is 1. The second-order valence-electron chi connectivity index (χ2n) is 6.08. The number of aromatic nitrogens is 2. The van der Waals surface area contributed by atoms with E-state index in [0.717, 1.165) is 12.4 Å². The largest absolute Gasteiger partial charge is 0.484 e. The number of carbonyl (C=O) groups is 2. The van der Waals surface area contributed by atoms with Crippen LogP contribution in [0.2, 0.25) is 0 Å². The van der Waals surface area contributed by atoms with Crippen LogP contribution in [0.15, 0.2) is 36.7 Å². The summed E-state index contributed by atoms with van der Waals surface area (Å²) < 4.78 is 7.54. The van der Waals surface area contributed by atoms with Gasteiger partial charge < -0.3 is 19.5 Å². The van der Waals surface area contributed by atoms with Crippen molar-refractivity contribution in [3.8, 4) is 5.75 Å². The third-order valence-corrected chi connectivity index (χ3v) is 4.32. The standard InChI is InChI=1S/C18H22N4O3/c1-13(23)14-4-3-5-15(10-14)25-12-17(24)22-9-6-19-11-16(22)18-20-7-8-21(18)2/h3-5,7-8,10,16,19H,6,9,11-12H2,1-2H3. The molecule has 132 valence electrons. The minimum atomic E-state index is -0.117. The van der Waals surface area contributed by atoms with Crippen molar-refractivity contribution in [1.82, 2.24) is 19.8 Å². The fourth-order valence-electron chi connectivity index (χ4n) is 2.96. The normalized spacial score (nSPS) is 17.4. The summed E-state index contributed by atoms with van der Waals surface area (Å²) in [4.78, 5) is 30.3. The van der Waals surface area contributed by atoms with Gasteiger partial charge in [0.2, 0.25) is 0 Å². The molecule has 25 heavy (non-hydrogen) atoms. The van der Waals surface area contributed by atoms with Crippen LogP contribution >= 0.6 is 0 Å². The highest BCUT2D eigenvalue weighted by molar-refractivity contribution is 5.94. The molecule has 1 N–H and O–H groups in total. The van der Waals surface area contributed by atoms with E-state index in [9.17, 15) is 9.59 Å². The quantitative estimate of drug-likeness (QED) is 0.826. The summed E-state index contributed by atoms with van der Waals surface area (Å²) in [5.41, 5.74) is 0.568. The van der Waals surface area contributed by atoms with E-state index in [1.54, 1.807) is 35.4 Å². The molecule has 0 aliphatic carbocycles. The number of carbonyl (C=O) groups excluding carboxylic acids is 2. The number of Topliss-reactive ketones (excluding diaryl/α,β-unsaturated/α-hetero) is 1. The average Bonchev–Trinajstić information content (AvgIpc) is 3.05. The molecule has 0 spiro atoms. The first-order chi connectivity index (χ1) is 12.1. The van der Waals surface area contributed by atoms with Crippen molar-refractivity contribution in [1.29, 1.82) is 0 Å². The second-order valence-corrected chi connectivity index (χ2v) is 6.08. The molecule has 1 atom stereocenters. The van der Waals surface area contributed by atoms with Gasteiger partial charge in [-0.25, -0.2) is 4.98 Å². The number of benzene rings is 1. The number of ketones is 1. The lowest BCUT2D eigenvalue weighted by Crippen LogP contribution is -2.50. The van der Waals surface area contributed by atoms with E-state index < -0.39 is 0 Å². The number of imidazole rings is 1. The Hall–Kier alpha value is -2.67. The van der Waals surface area contributed by atoms with E-state index in [2.05, 4.69) is 10.3 Å². The predicted molar refractivity (Wildman–Crippen MR) is 92.5 cm³/mol. The van der Waals surface area contributed by atoms with Gasteiger partial charge in [-0.05, 0) is 19.1 Å². The van der Waals surface area contributed by atoms with Crippen molar-refractivity contribution in [2.45, 2.75) is 13.0 Å². The number of hydrogen-bond donors (Lipinski definition) is 1. The Morgan fingerprint density at radius 2 is 2.24 bits per heavy atom. The van der Waals surface area contributed by atoms with Crippen molar-refractivity contribution >= 4 is 11.7 Å². The maximum absolute atomic E-state index is 12.7. The maximum Gasteiger partial charge on any atom is 0.261 e.